The Bertz CT molecular complexity index is 307. The first-order valence-electron chi connectivity index (χ1n) is 5.50. The Kier molecular flexibility index (Phi) is 3.00. The van der Waals surface area contributed by atoms with Gasteiger partial charge in [-0.2, -0.15) is 0 Å². The van der Waals surface area contributed by atoms with Gasteiger partial charge in [-0.1, -0.05) is 0 Å². The number of aliphatic carboxylic acids is 1. The van der Waals surface area contributed by atoms with Crippen LogP contribution in [-0.2, 0) is 4.79 Å². The molecule has 1 saturated carbocycles. The predicted octanol–water partition coefficient (Wildman–Crippen LogP) is -0.517. The van der Waals surface area contributed by atoms with Gasteiger partial charge in [0.15, 0.2) is 0 Å². The van der Waals surface area contributed by atoms with Gasteiger partial charge in [-0.15, -0.1) is 0 Å². The van der Waals surface area contributed by atoms with Crippen molar-refractivity contribution in [3.63, 3.8) is 0 Å². The molecule has 6 nitrogen and oxygen atoms in total. The first-order valence-corrected chi connectivity index (χ1v) is 5.50. The second kappa shape index (κ2) is 4.29. The van der Waals surface area contributed by atoms with Crippen LogP contribution in [0.4, 0.5) is 4.79 Å². The molecule has 1 aliphatic carbocycles. The van der Waals surface area contributed by atoms with Gasteiger partial charge in [0.25, 0.3) is 0 Å². The van der Waals surface area contributed by atoms with Crippen molar-refractivity contribution in [3.8, 4) is 0 Å². The van der Waals surface area contributed by atoms with Crippen LogP contribution in [0.1, 0.15) is 12.8 Å². The van der Waals surface area contributed by atoms with Crippen LogP contribution < -0.4 is 5.32 Å². The van der Waals surface area contributed by atoms with Crippen LogP contribution in [-0.4, -0.2) is 52.9 Å². The maximum absolute atomic E-state index is 11.6. The summed E-state index contributed by atoms with van der Waals surface area (Å²) in [4.78, 5) is 23.4. The number of carboxylic acid groups (broad SMARTS) is 1. The molecule has 90 valence electrons. The SMILES string of the molecule is O=C(O)CNC(=O)N1CC2CCC(O)C2C1. The van der Waals surface area contributed by atoms with Crippen LogP contribution in [0.3, 0.4) is 0 Å². The summed E-state index contributed by atoms with van der Waals surface area (Å²) in [5.74, 6) is -0.492. The number of hydrogen-bond acceptors (Lipinski definition) is 3. The van der Waals surface area contributed by atoms with E-state index in [0.717, 1.165) is 12.8 Å². The molecule has 0 bridgehead atoms. The van der Waals surface area contributed by atoms with Crippen molar-refractivity contribution in [2.45, 2.75) is 18.9 Å². The molecule has 2 rings (SSSR count). The monoisotopic (exact) mass is 228 g/mol. The normalized spacial score (nSPS) is 32.6. The van der Waals surface area contributed by atoms with Crippen molar-refractivity contribution >= 4 is 12.0 Å². The summed E-state index contributed by atoms with van der Waals surface area (Å²) in [6.45, 7) is 0.817. The summed E-state index contributed by atoms with van der Waals surface area (Å²) in [6, 6.07) is -0.344. The van der Waals surface area contributed by atoms with E-state index in [2.05, 4.69) is 5.32 Å². The number of carboxylic acids is 1. The second-order valence-corrected chi connectivity index (χ2v) is 4.53. The minimum absolute atomic E-state index is 0.176. The summed E-state index contributed by atoms with van der Waals surface area (Å²) in [6.07, 6.45) is 1.47. The lowest BCUT2D eigenvalue weighted by molar-refractivity contribution is -0.135. The maximum Gasteiger partial charge on any atom is 0.323 e. The van der Waals surface area contributed by atoms with Crippen LogP contribution in [0.25, 0.3) is 0 Å². The third-order valence-corrected chi connectivity index (χ3v) is 3.50. The van der Waals surface area contributed by atoms with Crippen molar-refractivity contribution in [1.29, 1.82) is 0 Å². The summed E-state index contributed by atoms with van der Waals surface area (Å²) in [7, 11) is 0. The highest BCUT2D eigenvalue weighted by Crippen LogP contribution is 2.37. The van der Waals surface area contributed by atoms with Crippen LogP contribution in [0, 0.1) is 11.8 Å². The summed E-state index contributed by atoms with van der Waals surface area (Å²) < 4.78 is 0. The topological polar surface area (TPSA) is 89.9 Å². The Labute approximate surface area is 93.2 Å². The zero-order valence-electron chi connectivity index (χ0n) is 8.93. The van der Waals surface area contributed by atoms with E-state index in [1.807, 2.05) is 0 Å². The van der Waals surface area contributed by atoms with E-state index in [9.17, 15) is 14.7 Å². The van der Waals surface area contributed by atoms with Gasteiger partial charge in [-0.3, -0.25) is 4.79 Å². The summed E-state index contributed by atoms with van der Waals surface area (Å²) >= 11 is 0. The van der Waals surface area contributed by atoms with E-state index < -0.39 is 5.97 Å². The number of fused-ring (bicyclic) bond motifs is 1. The number of amides is 2. The number of carbonyl (C=O) groups excluding carboxylic acids is 1. The number of rotatable bonds is 2. The van der Waals surface area contributed by atoms with Gasteiger partial charge in [0.05, 0.1) is 6.10 Å². The van der Waals surface area contributed by atoms with E-state index >= 15 is 0 Å². The smallest absolute Gasteiger partial charge is 0.323 e. The molecule has 0 aromatic heterocycles. The lowest BCUT2D eigenvalue weighted by Gasteiger charge is -2.18. The Morgan fingerprint density at radius 1 is 1.31 bits per heavy atom. The molecule has 0 radical (unpaired) electrons. The van der Waals surface area contributed by atoms with E-state index in [0.29, 0.717) is 19.0 Å². The molecule has 1 aliphatic heterocycles. The molecule has 16 heavy (non-hydrogen) atoms. The molecule has 2 amide bonds. The molecule has 0 spiro atoms. The maximum atomic E-state index is 11.6. The number of aliphatic hydroxyl groups is 1. The van der Waals surface area contributed by atoms with Crippen molar-refractivity contribution in [2.24, 2.45) is 11.8 Å². The Hall–Kier alpha value is -1.30. The Morgan fingerprint density at radius 3 is 2.69 bits per heavy atom. The minimum atomic E-state index is -1.05. The van der Waals surface area contributed by atoms with Crippen LogP contribution in [0.2, 0.25) is 0 Å². The van der Waals surface area contributed by atoms with Crippen molar-refractivity contribution in [3.05, 3.63) is 0 Å². The molecule has 1 heterocycles. The van der Waals surface area contributed by atoms with E-state index in [4.69, 9.17) is 5.11 Å². The van der Waals surface area contributed by atoms with Gasteiger partial charge < -0.3 is 20.4 Å². The average Bonchev–Trinajstić information content (AvgIpc) is 2.78. The molecule has 1 saturated heterocycles. The Balaban J connectivity index is 1.84. The average molecular weight is 228 g/mol. The summed E-state index contributed by atoms with van der Waals surface area (Å²) in [5.41, 5.74) is 0. The lowest BCUT2D eigenvalue weighted by Crippen LogP contribution is -2.41. The quantitative estimate of drug-likeness (QED) is 0.593. The van der Waals surface area contributed by atoms with E-state index in [1.54, 1.807) is 4.90 Å². The first-order chi connectivity index (χ1) is 7.58. The minimum Gasteiger partial charge on any atom is -0.480 e. The highest BCUT2D eigenvalue weighted by atomic mass is 16.4. The van der Waals surface area contributed by atoms with Gasteiger partial charge in [-0.05, 0) is 18.8 Å². The summed E-state index contributed by atoms with van der Waals surface area (Å²) in [5, 5.41) is 20.4. The van der Waals surface area contributed by atoms with E-state index in [-0.39, 0.29) is 24.6 Å². The van der Waals surface area contributed by atoms with Crippen molar-refractivity contribution in [1.82, 2.24) is 10.2 Å². The number of nitrogens with zero attached hydrogens (tertiary/aromatic N) is 1. The van der Waals surface area contributed by atoms with Gasteiger partial charge in [0.1, 0.15) is 6.54 Å². The highest BCUT2D eigenvalue weighted by molar-refractivity contribution is 5.80. The molecule has 0 aromatic carbocycles. The molecular formula is C10H16N2O4. The number of nitrogens with one attached hydrogen (secondary N) is 1. The molecule has 0 aromatic rings. The number of aliphatic hydroxyl groups excluding tert-OH is 1. The van der Waals surface area contributed by atoms with Crippen LogP contribution in [0.5, 0.6) is 0 Å². The number of hydrogen-bond donors (Lipinski definition) is 3. The third-order valence-electron chi connectivity index (χ3n) is 3.50. The van der Waals surface area contributed by atoms with Crippen molar-refractivity contribution in [2.75, 3.05) is 19.6 Å². The number of carbonyl (C=O) groups is 2. The largest absolute Gasteiger partial charge is 0.480 e. The standard InChI is InChI=1S/C10H16N2O4/c13-8-2-1-6-4-12(5-7(6)8)10(16)11-3-9(14)15/h6-8,13H,1-5H2,(H,11,16)(H,14,15). The molecule has 3 atom stereocenters. The van der Waals surface area contributed by atoms with Gasteiger partial charge in [-0.25, -0.2) is 4.79 Å². The molecule has 2 fully saturated rings. The zero-order chi connectivity index (χ0) is 11.7. The molecule has 3 unspecified atom stereocenters. The lowest BCUT2D eigenvalue weighted by atomic mass is 10.00. The zero-order valence-corrected chi connectivity index (χ0v) is 8.93. The van der Waals surface area contributed by atoms with E-state index in [1.165, 1.54) is 0 Å². The fourth-order valence-electron chi connectivity index (χ4n) is 2.67. The molecule has 2 aliphatic rings. The van der Waals surface area contributed by atoms with Crippen LogP contribution >= 0.6 is 0 Å². The van der Waals surface area contributed by atoms with Gasteiger partial charge >= 0.3 is 12.0 Å². The third kappa shape index (κ3) is 2.11. The molecule has 3 N–H and O–H groups in total. The number of likely N-dealkylation sites (tertiary alicyclic amines) is 1. The first kappa shape index (κ1) is 11.2. The Morgan fingerprint density at radius 2 is 2.06 bits per heavy atom. The van der Waals surface area contributed by atoms with Gasteiger partial charge in [0, 0.05) is 19.0 Å². The number of urea groups is 1. The fraction of sp³-hybridized carbons (Fsp3) is 0.800. The predicted molar refractivity (Wildman–Crippen MR) is 54.8 cm³/mol. The molecular weight excluding hydrogens is 212 g/mol. The van der Waals surface area contributed by atoms with Crippen LogP contribution in [0.15, 0.2) is 0 Å². The molecule has 6 heteroatoms. The van der Waals surface area contributed by atoms with Crippen molar-refractivity contribution < 1.29 is 19.8 Å². The van der Waals surface area contributed by atoms with Gasteiger partial charge in [0.2, 0.25) is 0 Å². The second-order valence-electron chi connectivity index (χ2n) is 4.53. The fourth-order valence-corrected chi connectivity index (χ4v) is 2.67. The highest BCUT2D eigenvalue weighted by Gasteiger charge is 2.43.